The summed E-state index contributed by atoms with van der Waals surface area (Å²) in [6, 6.07) is 4.48. The molecule has 2 rings (SSSR count). The Hall–Kier alpha value is -1.39. The van der Waals surface area contributed by atoms with Crippen molar-refractivity contribution in [2.24, 2.45) is 0 Å². The number of halogens is 2. The van der Waals surface area contributed by atoms with E-state index in [9.17, 15) is 4.39 Å². The normalized spacial score (nSPS) is 10.8. The minimum atomic E-state index is -0.430. The van der Waals surface area contributed by atoms with Crippen LogP contribution in [0.2, 0.25) is 5.02 Å². The van der Waals surface area contributed by atoms with Crippen LogP contribution >= 0.6 is 11.6 Å². The third kappa shape index (κ3) is 2.18. The number of ether oxygens (including phenoxy) is 2. The molecule has 0 N–H and O–H groups in total. The Balaban J connectivity index is 2.74. The minimum Gasteiger partial charge on any atom is -0.496 e. The van der Waals surface area contributed by atoms with Crippen LogP contribution in [0.15, 0.2) is 18.2 Å². The molecule has 2 aromatic rings. The van der Waals surface area contributed by atoms with Crippen molar-refractivity contribution in [1.82, 2.24) is 4.98 Å². The largest absolute Gasteiger partial charge is 0.496 e. The van der Waals surface area contributed by atoms with Crippen molar-refractivity contribution in [2.75, 3.05) is 14.2 Å². The summed E-state index contributed by atoms with van der Waals surface area (Å²) in [4.78, 5) is 4.17. The molecule has 0 saturated carbocycles. The number of aromatic nitrogens is 1. The van der Waals surface area contributed by atoms with Crippen LogP contribution in [0.5, 0.6) is 5.75 Å². The number of methoxy groups -OCH3 is 2. The quantitative estimate of drug-likeness (QED) is 0.844. The van der Waals surface area contributed by atoms with Crippen molar-refractivity contribution in [3.63, 3.8) is 0 Å². The van der Waals surface area contributed by atoms with Crippen LogP contribution in [0.3, 0.4) is 0 Å². The van der Waals surface area contributed by atoms with E-state index in [4.69, 9.17) is 21.1 Å². The van der Waals surface area contributed by atoms with E-state index in [0.29, 0.717) is 21.9 Å². The van der Waals surface area contributed by atoms with Gasteiger partial charge in [0, 0.05) is 7.11 Å². The molecule has 0 bridgehead atoms. The molecule has 3 nitrogen and oxygen atoms in total. The molecule has 0 aliphatic rings. The molecule has 0 aliphatic heterocycles. The molecule has 1 heterocycles. The van der Waals surface area contributed by atoms with E-state index >= 15 is 0 Å². The summed E-state index contributed by atoms with van der Waals surface area (Å²) < 4.78 is 23.8. The maximum atomic E-state index is 13.7. The van der Waals surface area contributed by atoms with Crippen molar-refractivity contribution < 1.29 is 13.9 Å². The highest BCUT2D eigenvalue weighted by Crippen LogP contribution is 2.33. The first-order valence-corrected chi connectivity index (χ1v) is 5.35. The molecular weight excluding hydrogens is 245 g/mol. The van der Waals surface area contributed by atoms with E-state index in [2.05, 4.69) is 4.98 Å². The fraction of sp³-hybridized carbons (Fsp3) is 0.250. The Kier molecular flexibility index (Phi) is 3.45. The van der Waals surface area contributed by atoms with Crippen molar-refractivity contribution in [1.29, 1.82) is 0 Å². The molecule has 1 aromatic heterocycles. The topological polar surface area (TPSA) is 31.4 Å². The molecule has 1 aromatic carbocycles. The first-order chi connectivity index (χ1) is 8.17. The van der Waals surface area contributed by atoms with E-state index in [1.807, 2.05) is 0 Å². The second-order valence-electron chi connectivity index (χ2n) is 3.50. The van der Waals surface area contributed by atoms with Gasteiger partial charge in [0.1, 0.15) is 17.1 Å². The molecule has 90 valence electrons. The molecule has 0 fully saturated rings. The maximum absolute atomic E-state index is 13.7. The molecule has 0 spiro atoms. The second kappa shape index (κ2) is 4.85. The van der Waals surface area contributed by atoms with Crippen molar-refractivity contribution >= 4 is 22.5 Å². The summed E-state index contributed by atoms with van der Waals surface area (Å²) in [5.74, 6) is 0.0727. The van der Waals surface area contributed by atoms with Gasteiger partial charge in [-0.15, -0.1) is 0 Å². The van der Waals surface area contributed by atoms with Gasteiger partial charge < -0.3 is 9.47 Å². The first-order valence-electron chi connectivity index (χ1n) is 4.98. The Labute approximate surface area is 103 Å². The lowest BCUT2D eigenvalue weighted by Crippen LogP contribution is -1.97. The highest BCUT2D eigenvalue weighted by atomic mass is 35.5. The van der Waals surface area contributed by atoms with Crippen LogP contribution in [0, 0.1) is 5.82 Å². The number of hydrogen-bond donors (Lipinski definition) is 0. The monoisotopic (exact) mass is 255 g/mol. The van der Waals surface area contributed by atoms with Gasteiger partial charge in [-0.25, -0.2) is 9.37 Å². The summed E-state index contributed by atoms with van der Waals surface area (Å²) in [5.41, 5.74) is 0.779. The van der Waals surface area contributed by atoms with Gasteiger partial charge >= 0.3 is 0 Å². The Bertz CT molecular complexity index is 560. The summed E-state index contributed by atoms with van der Waals surface area (Å²) in [7, 11) is 3.05. The third-order valence-corrected chi connectivity index (χ3v) is 2.69. The van der Waals surface area contributed by atoms with Gasteiger partial charge in [-0.05, 0) is 18.2 Å². The number of hydrogen-bond acceptors (Lipinski definition) is 3. The molecule has 5 heteroatoms. The summed E-state index contributed by atoms with van der Waals surface area (Å²) in [5, 5.41) is 0.882. The van der Waals surface area contributed by atoms with Crippen LogP contribution in [0.1, 0.15) is 5.69 Å². The lowest BCUT2D eigenvalue weighted by Gasteiger charge is -2.09. The van der Waals surface area contributed by atoms with Crippen LogP contribution in [0.4, 0.5) is 4.39 Å². The van der Waals surface area contributed by atoms with Gasteiger partial charge in [0.15, 0.2) is 0 Å². The SMILES string of the molecule is COCc1cc(Cl)c2c(OC)ccc(F)c2n1. The molecule has 0 atom stereocenters. The van der Waals surface area contributed by atoms with E-state index in [-0.39, 0.29) is 12.1 Å². The maximum Gasteiger partial charge on any atom is 0.149 e. The summed E-state index contributed by atoms with van der Waals surface area (Å²) >= 11 is 6.11. The minimum absolute atomic E-state index is 0.198. The van der Waals surface area contributed by atoms with Crippen LogP contribution in [-0.4, -0.2) is 19.2 Å². The van der Waals surface area contributed by atoms with Crippen molar-refractivity contribution in [3.8, 4) is 5.75 Å². The second-order valence-corrected chi connectivity index (χ2v) is 3.91. The zero-order chi connectivity index (χ0) is 12.4. The van der Waals surface area contributed by atoms with E-state index in [1.165, 1.54) is 19.2 Å². The van der Waals surface area contributed by atoms with Gasteiger partial charge in [0.2, 0.25) is 0 Å². The fourth-order valence-electron chi connectivity index (χ4n) is 1.67. The van der Waals surface area contributed by atoms with E-state index in [1.54, 1.807) is 13.2 Å². The van der Waals surface area contributed by atoms with E-state index in [0.717, 1.165) is 0 Å². The van der Waals surface area contributed by atoms with Gasteiger partial charge in [-0.1, -0.05) is 11.6 Å². The zero-order valence-electron chi connectivity index (χ0n) is 9.46. The predicted octanol–water partition coefficient (Wildman–Crippen LogP) is 3.18. The number of benzene rings is 1. The van der Waals surface area contributed by atoms with Gasteiger partial charge in [0.25, 0.3) is 0 Å². The third-order valence-electron chi connectivity index (χ3n) is 2.39. The Morgan fingerprint density at radius 2 is 2.12 bits per heavy atom. The zero-order valence-corrected chi connectivity index (χ0v) is 10.2. The fourth-order valence-corrected chi connectivity index (χ4v) is 1.98. The molecule has 0 unspecified atom stereocenters. The van der Waals surface area contributed by atoms with Gasteiger partial charge in [0.05, 0.1) is 29.8 Å². The molecular formula is C12H11ClFNO2. The standard InChI is InChI=1S/C12H11ClFNO2/c1-16-6-7-5-8(13)11-10(17-2)4-3-9(14)12(11)15-7/h3-5H,6H2,1-2H3. The number of nitrogens with zero attached hydrogens (tertiary/aromatic N) is 1. The molecule has 0 aliphatic carbocycles. The number of rotatable bonds is 3. The molecule has 0 saturated heterocycles. The number of pyridine rings is 1. The molecule has 0 radical (unpaired) electrons. The van der Waals surface area contributed by atoms with Crippen molar-refractivity contribution in [2.45, 2.75) is 6.61 Å². The lowest BCUT2D eigenvalue weighted by molar-refractivity contribution is 0.182. The van der Waals surface area contributed by atoms with Crippen molar-refractivity contribution in [3.05, 3.63) is 34.7 Å². The summed E-state index contributed by atoms with van der Waals surface area (Å²) in [6.07, 6.45) is 0. The average molecular weight is 256 g/mol. The summed E-state index contributed by atoms with van der Waals surface area (Å²) in [6.45, 7) is 0.284. The molecule has 17 heavy (non-hydrogen) atoms. The first kappa shape index (κ1) is 12.1. The highest BCUT2D eigenvalue weighted by Gasteiger charge is 2.13. The van der Waals surface area contributed by atoms with Crippen LogP contribution in [0.25, 0.3) is 10.9 Å². The van der Waals surface area contributed by atoms with Gasteiger partial charge in [-0.2, -0.15) is 0 Å². The van der Waals surface area contributed by atoms with Crippen LogP contribution < -0.4 is 4.74 Å². The smallest absolute Gasteiger partial charge is 0.149 e. The predicted molar refractivity (Wildman–Crippen MR) is 64.0 cm³/mol. The Morgan fingerprint density at radius 3 is 2.76 bits per heavy atom. The van der Waals surface area contributed by atoms with Crippen LogP contribution in [-0.2, 0) is 11.3 Å². The van der Waals surface area contributed by atoms with Gasteiger partial charge in [-0.3, -0.25) is 0 Å². The highest BCUT2D eigenvalue weighted by molar-refractivity contribution is 6.36. The number of fused-ring (bicyclic) bond motifs is 1. The lowest BCUT2D eigenvalue weighted by atomic mass is 10.1. The van der Waals surface area contributed by atoms with E-state index < -0.39 is 5.82 Å². The Morgan fingerprint density at radius 1 is 1.35 bits per heavy atom. The molecule has 0 amide bonds. The average Bonchev–Trinajstić information content (AvgIpc) is 2.31.